The fraction of sp³-hybridized carbons (Fsp3) is 0.333. The first-order chi connectivity index (χ1) is 7.72. The Morgan fingerprint density at radius 2 is 2.31 bits per heavy atom. The van der Waals surface area contributed by atoms with Crippen LogP contribution in [0, 0.1) is 0 Å². The number of amidine groups is 1. The van der Waals surface area contributed by atoms with Crippen molar-refractivity contribution in [2.75, 3.05) is 21.1 Å². The molecule has 0 spiro atoms. The smallest absolute Gasteiger partial charge is 0.316 e. The first-order valence-corrected chi connectivity index (χ1v) is 4.71. The summed E-state index contributed by atoms with van der Waals surface area (Å²) in [6, 6.07) is 4.04. The minimum absolute atomic E-state index is 0.428. The Balaban J connectivity index is 2.34. The van der Waals surface area contributed by atoms with Gasteiger partial charge in [0.1, 0.15) is 5.52 Å². The number of aromatic nitrogens is 4. The SMILES string of the molecule is CN=C(On1nnc2cccnc21)N(C)C. The summed E-state index contributed by atoms with van der Waals surface area (Å²) in [6.07, 6.45) is 1.66. The topological polar surface area (TPSA) is 68.4 Å². The quantitative estimate of drug-likeness (QED) is 0.492. The Labute approximate surface area is 92.3 Å². The molecule has 0 aliphatic carbocycles. The van der Waals surface area contributed by atoms with Crippen molar-refractivity contribution in [1.29, 1.82) is 0 Å². The maximum absolute atomic E-state index is 5.43. The van der Waals surface area contributed by atoms with Crippen LogP contribution in [0.15, 0.2) is 23.3 Å². The zero-order valence-electron chi connectivity index (χ0n) is 9.32. The van der Waals surface area contributed by atoms with Crippen LogP contribution in [0.5, 0.6) is 0 Å². The molecule has 0 unspecified atom stereocenters. The molecule has 0 N–H and O–H groups in total. The highest BCUT2D eigenvalue weighted by atomic mass is 16.7. The molecule has 7 heteroatoms. The van der Waals surface area contributed by atoms with Crippen molar-refractivity contribution in [2.45, 2.75) is 0 Å². The van der Waals surface area contributed by atoms with Crippen LogP contribution in [0.1, 0.15) is 0 Å². The van der Waals surface area contributed by atoms with Gasteiger partial charge in [-0.25, -0.2) is 9.98 Å². The lowest BCUT2D eigenvalue weighted by Crippen LogP contribution is -2.33. The highest BCUT2D eigenvalue weighted by Crippen LogP contribution is 2.04. The molecule has 0 radical (unpaired) electrons. The van der Waals surface area contributed by atoms with E-state index < -0.39 is 0 Å². The first-order valence-electron chi connectivity index (χ1n) is 4.71. The summed E-state index contributed by atoms with van der Waals surface area (Å²) < 4.78 is 0. The maximum Gasteiger partial charge on any atom is 0.316 e. The van der Waals surface area contributed by atoms with Gasteiger partial charge in [0.25, 0.3) is 0 Å². The molecule has 0 atom stereocenters. The largest absolute Gasteiger partial charge is 0.331 e. The van der Waals surface area contributed by atoms with E-state index in [1.807, 2.05) is 20.2 Å². The van der Waals surface area contributed by atoms with Crippen molar-refractivity contribution in [2.24, 2.45) is 4.99 Å². The molecule has 0 saturated carbocycles. The van der Waals surface area contributed by atoms with Gasteiger partial charge in [-0.1, -0.05) is 0 Å². The molecule has 16 heavy (non-hydrogen) atoms. The Morgan fingerprint density at radius 3 is 3.00 bits per heavy atom. The highest BCUT2D eigenvalue weighted by molar-refractivity contribution is 5.75. The molecule has 0 aromatic carbocycles. The van der Waals surface area contributed by atoms with Crippen molar-refractivity contribution in [3.8, 4) is 0 Å². The third kappa shape index (κ3) is 1.79. The van der Waals surface area contributed by atoms with Crippen molar-refractivity contribution in [3.05, 3.63) is 18.3 Å². The molecule has 2 aromatic rings. The fourth-order valence-electron chi connectivity index (χ4n) is 1.21. The van der Waals surface area contributed by atoms with Crippen LogP contribution in [-0.4, -0.2) is 52.2 Å². The Kier molecular flexibility index (Phi) is 2.67. The number of aliphatic imine (C=N–C) groups is 1. The second-order valence-corrected chi connectivity index (χ2v) is 3.30. The Bertz CT molecular complexity index is 517. The van der Waals surface area contributed by atoms with Gasteiger partial charge in [-0.3, -0.25) is 0 Å². The number of hydrogen-bond donors (Lipinski definition) is 0. The summed E-state index contributed by atoms with van der Waals surface area (Å²) in [5.74, 6) is 0. The summed E-state index contributed by atoms with van der Waals surface area (Å²) in [7, 11) is 5.30. The third-order valence-electron chi connectivity index (χ3n) is 1.92. The van der Waals surface area contributed by atoms with Crippen LogP contribution in [0.4, 0.5) is 0 Å². The molecule has 7 nitrogen and oxygen atoms in total. The van der Waals surface area contributed by atoms with Gasteiger partial charge in [0.05, 0.1) is 0 Å². The van der Waals surface area contributed by atoms with E-state index in [1.165, 1.54) is 4.85 Å². The molecule has 2 heterocycles. The third-order valence-corrected chi connectivity index (χ3v) is 1.92. The summed E-state index contributed by atoms with van der Waals surface area (Å²) in [4.78, 5) is 16.5. The molecular weight excluding hydrogens is 208 g/mol. The van der Waals surface area contributed by atoms with Crippen molar-refractivity contribution < 1.29 is 4.84 Å². The molecule has 0 amide bonds. The van der Waals surface area contributed by atoms with Gasteiger partial charge in [-0.05, 0) is 22.2 Å². The minimum atomic E-state index is 0.428. The van der Waals surface area contributed by atoms with Crippen LogP contribution in [-0.2, 0) is 0 Å². The van der Waals surface area contributed by atoms with Gasteiger partial charge in [0, 0.05) is 27.3 Å². The maximum atomic E-state index is 5.43. The zero-order chi connectivity index (χ0) is 11.5. The normalized spacial score (nSPS) is 11.8. The average Bonchev–Trinajstić information content (AvgIpc) is 2.69. The molecular formula is C9H12N6O. The molecule has 0 fully saturated rings. The standard InChI is InChI=1S/C9H12N6O/c1-10-9(14(2)3)16-15-8-7(12-13-15)5-4-6-11-8/h4-6H,1-3H3. The van der Waals surface area contributed by atoms with Gasteiger partial charge in [-0.15, -0.1) is 5.10 Å². The predicted octanol–water partition coefficient (Wildman–Crippen LogP) is -0.198. The number of hydrogen-bond acceptors (Lipinski definition) is 5. The number of rotatable bonds is 1. The van der Waals surface area contributed by atoms with E-state index in [2.05, 4.69) is 20.3 Å². The van der Waals surface area contributed by atoms with Gasteiger partial charge in [0.15, 0.2) is 0 Å². The van der Waals surface area contributed by atoms with Crippen LogP contribution in [0.3, 0.4) is 0 Å². The Hall–Kier alpha value is -2.18. The monoisotopic (exact) mass is 220 g/mol. The highest BCUT2D eigenvalue weighted by Gasteiger charge is 2.10. The number of fused-ring (bicyclic) bond motifs is 1. The summed E-state index contributed by atoms with van der Waals surface area (Å²) in [6.45, 7) is 0. The van der Waals surface area contributed by atoms with Gasteiger partial charge in [-0.2, -0.15) is 0 Å². The van der Waals surface area contributed by atoms with Crippen LogP contribution < -0.4 is 4.84 Å². The first kappa shape index (κ1) is 10.3. The molecule has 0 aliphatic rings. The fourth-order valence-corrected chi connectivity index (χ4v) is 1.21. The lowest BCUT2D eigenvalue weighted by molar-refractivity contribution is 0.192. The van der Waals surface area contributed by atoms with Crippen molar-refractivity contribution in [3.63, 3.8) is 0 Å². The number of nitrogens with zero attached hydrogens (tertiary/aromatic N) is 6. The zero-order valence-corrected chi connectivity index (χ0v) is 9.32. The van der Waals surface area contributed by atoms with E-state index >= 15 is 0 Å². The molecule has 84 valence electrons. The molecule has 0 saturated heterocycles. The molecule has 0 bridgehead atoms. The summed E-state index contributed by atoms with van der Waals surface area (Å²) in [5.41, 5.74) is 1.24. The summed E-state index contributed by atoms with van der Waals surface area (Å²) in [5, 5.41) is 7.76. The van der Waals surface area contributed by atoms with Crippen LogP contribution in [0.2, 0.25) is 0 Å². The van der Waals surface area contributed by atoms with Crippen molar-refractivity contribution >= 4 is 17.2 Å². The van der Waals surface area contributed by atoms with E-state index in [1.54, 1.807) is 24.2 Å². The van der Waals surface area contributed by atoms with Crippen molar-refractivity contribution in [1.82, 2.24) is 25.0 Å². The number of pyridine rings is 1. The molecule has 2 aromatic heterocycles. The van der Waals surface area contributed by atoms with Gasteiger partial charge >= 0.3 is 6.02 Å². The average molecular weight is 220 g/mol. The van der Waals surface area contributed by atoms with E-state index in [0.717, 1.165) is 0 Å². The lowest BCUT2D eigenvalue weighted by Gasteiger charge is -2.13. The van der Waals surface area contributed by atoms with E-state index in [4.69, 9.17) is 4.84 Å². The second kappa shape index (κ2) is 4.13. The lowest BCUT2D eigenvalue weighted by atomic mass is 10.4. The van der Waals surface area contributed by atoms with E-state index in [9.17, 15) is 0 Å². The van der Waals surface area contributed by atoms with E-state index in [-0.39, 0.29) is 0 Å². The molecule has 2 rings (SSSR count). The predicted molar refractivity (Wildman–Crippen MR) is 58.9 cm³/mol. The van der Waals surface area contributed by atoms with Crippen LogP contribution in [0.25, 0.3) is 11.2 Å². The Morgan fingerprint density at radius 1 is 1.50 bits per heavy atom. The second-order valence-electron chi connectivity index (χ2n) is 3.30. The van der Waals surface area contributed by atoms with Gasteiger partial charge < -0.3 is 9.74 Å². The van der Waals surface area contributed by atoms with Crippen LogP contribution >= 0.6 is 0 Å². The van der Waals surface area contributed by atoms with E-state index in [0.29, 0.717) is 17.2 Å². The minimum Gasteiger partial charge on any atom is -0.331 e. The van der Waals surface area contributed by atoms with Gasteiger partial charge in [0.2, 0.25) is 5.65 Å². The molecule has 0 aliphatic heterocycles. The summed E-state index contributed by atoms with van der Waals surface area (Å²) >= 11 is 0.